The van der Waals surface area contributed by atoms with Crippen LogP contribution in [0, 0.1) is 18.6 Å². The number of aryl methyl sites for hydroxylation is 1. The normalized spacial score (nSPS) is 19.2. The van der Waals surface area contributed by atoms with E-state index in [-0.39, 0.29) is 17.9 Å². The third-order valence-corrected chi connectivity index (χ3v) is 4.79. The SMILES string of the molecule is COc1cc(F)c([C@@H]2CNC(=O)[C@H]2NC(=O)Nc2cc(C)ns2)c(F)c1. The number of benzene rings is 1. The van der Waals surface area contributed by atoms with Gasteiger partial charge in [0.05, 0.1) is 12.8 Å². The zero-order chi connectivity index (χ0) is 18.8. The van der Waals surface area contributed by atoms with Crippen molar-refractivity contribution in [2.24, 2.45) is 0 Å². The Morgan fingerprint density at radius 2 is 2.04 bits per heavy atom. The van der Waals surface area contributed by atoms with Crippen LogP contribution in [0.5, 0.6) is 5.75 Å². The van der Waals surface area contributed by atoms with E-state index in [9.17, 15) is 18.4 Å². The summed E-state index contributed by atoms with van der Waals surface area (Å²) in [6, 6.07) is 1.98. The maximum Gasteiger partial charge on any atom is 0.320 e. The summed E-state index contributed by atoms with van der Waals surface area (Å²) in [4.78, 5) is 24.2. The maximum atomic E-state index is 14.3. The Labute approximate surface area is 151 Å². The van der Waals surface area contributed by atoms with Crippen LogP contribution in [0.3, 0.4) is 0 Å². The molecular formula is C16H16F2N4O3S. The molecule has 0 aliphatic carbocycles. The first-order chi connectivity index (χ1) is 12.4. The lowest BCUT2D eigenvalue weighted by Crippen LogP contribution is -2.45. The fourth-order valence-corrected chi connectivity index (χ4v) is 3.46. The van der Waals surface area contributed by atoms with Crippen LogP contribution in [0.2, 0.25) is 0 Å². The van der Waals surface area contributed by atoms with Gasteiger partial charge >= 0.3 is 6.03 Å². The van der Waals surface area contributed by atoms with E-state index in [0.29, 0.717) is 5.00 Å². The summed E-state index contributed by atoms with van der Waals surface area (Å²) in [5, 5.41) is 8.03. The van der Waals surface area contributed by atoms with Crippen molar-refractivity contribution in [2.45, 2.75) is 18.9 Å². The number of hydrogen-bond acceptors (Lipinski definition) is 5. The fraction of sp³-hybridized carbons (Fsp3) is 0.312. The van der Waals surface area contributed by atoms with Gasteiger partial charge in [0.1, 0.15) is 28.4 Å². The molecule has 0 spiro atoms. The minimum atomic E-state index is -1.11. The number of nitrogens with zero attached hydrogens (tertiary/aromatic N) is 1. The molecule has 0 unspecified atom stereocenters. The largest absolute Gasteiger partial charge is 0.497 e. The molecule has 1 fully saturated rings. The maximum absolute atomic E-state index is 14.3. The number of urea groups is 1. The van der Waals surface area contributed by atoms with Crippen molar-refractivity contribution < 1.29 is 23.1 Å². The van der Waals surface area contributed by atoms with E-state index < -0.39 is 35.5 Å². The first kappa shape index (κ1) is 18.1. The highest BCUT2D eigenvalue weighted by molar-refractivity contribution is 7.10. The van der Waals surface area contributed by atoms with Crippen LogP contribution < -0.4 is 20.7 Å². The van der Waals surface area contributed by atoms with Crippen molar-refractivity contribution in [3.63, 3.8) is 0 Å². The molecule has 3 N–H and O–H groups in total. The predicted octanol–water partition coefficient (Wildman–Crippen LogP) is 2.14. The first-order valence-electron chi connectivity index (χ1n) is 7.70. The number of anilines is 1. The fourth-order valence-electron chi connectivity index (χ4n) is 2.80. The molecule has 7 nitrogen and oxygen atoms in total. The molecular weight excluding hydrogens is 366 g/mol. The quantitative estimate of drug-likeness (QED) is 0.756. The van der Waals surface area contributed by atoms with Gasteiger partial charge in [0.25, 0.3) is 0 Å². The minimum absolute atomic E-state index is 0.00359. The summed E-state index contributed by atoms with van der Waals surface area (Å²) in [7, 11) is 1.30. The molecule has 1 aliphatic rings. The smallest absolute Gasteiger partial charge is 0.320 e. The average molecular weight is 382 g/mol. The summed E-state index contributed by atoms with van der Waals surface area (Å²) < 4.78 is 37.5. The lowest BCUT2D eigenvalue weighted by Gasteiger charge is -2.20. The standard InChI is InChI=1S/C16H16F2N4O3S/c1-7-3-12(26-22-7)20-16(24)21-14-9(6-19-15(14)23)13-10(17)4-8(25-2)5-11(13)18/h3-5,9,14H,6H2,1-2H3,(H,19,23)(H2,20,21,24)/t9-,14-/m0/s1. The highest BCUT2D eigenvalue weighted by Crippen LogP contribution is 2.31. The van der Waals surface area contributed by atoms with Gasteiger partial charge in [-0.3, -0.25) is 10.1 Å². The van der Waals surface area contributed by atoms with Gasteiger partial charge < -0.3 is 15.4 Å². The molecule has 0 saturated carbocycles. The second kappa shape index (κ2) is 7.24. The van der Waals surface area contributed by atoms with Gasteiger partial charge in [-0.15, -0.1) is 0 Å². The van der Waals surface area contributed by atoms with E-state index in [1.165, 1.54) is 7.11 Å². The van der Waals surface area contributed by atoms with E-state index >= 15 is 0 Å². The molecule has 138 valence electrons. The van der Waals surface area contributed by atoms with Crippen molar-refractivity contribution in [3.8, 4) is 5.75 Å². The Balaban J connectivity index is 1.80. The van der Waals surface area contributed by atoms with Crippen LogP contribution in [0.15, 0.2) is 18.2 Å². The molecule has 1 aromatic heterocycles. The molecule has 2 heterocycles. The Morgan fingerprint density at radius 3 is 2.62 bits per heavy atom. The van der Waals surface area contributed by atoms with Crippen molar-refractivity contribution in [1.82, 2.24) is 15.0 Å². The Bertz CT molecular complexity index is 835. The second-order valence-corrected chi connectivity index (χ2v) is 6.57. The highest BCUT2D eigenvalue weighted by atomic mass is 32.1. The number of halogens is 2. The van der Waals surface area contributed by atoms with Crippen molar-refractivity contribution in [2.75, 3.05) is 19.0 Å². The second-order valence-electron chi connectivity index (χ2n) is 5.77. The van der Waals surface area contributed by atoms with Gasteiger partial charge in [0, 0.05) is 30.2 Å². The van der Waals surface area contributed by atoms with E-state index in [2.05, 4.69) is 20.3 Å². The molecule has 0 bridgehead atoms. The summed E-state index contributed by atoms with van der Waals surface area (Å²) in [6.45, 7) is 1.78. The number of methoxy groups -OCH3 is 1. The van der Waals surface area contributed by atoms with Gasteiger partial charge in [-0.25, -0.2) is 13.6 Å². The minimum Gasteiger partial charge on any atom is -0.497 e. The van der Waals surface area contributed by atoms with Gasteiger partial charge in [-0.05, 0) is 24.5 Å². The summed E-state index contributed by atoms with van der Waals surface area (Å²) in [6.07, 6.45) is 0. The Hall–Kier alpha value is -2.75. The molecule has 1 aromatic carbocycles. The topological polar surface area (TPSA) is 92.4 Å². The number of hydrogen-bond donors (Lipinski definition) is 3. The van der Waals surface area contributed by atoms with E-state index in [1.54, 1.807) is 13.0 Å². The average Bonchev–Trinajstić information content (AvgIpc) is 3.14. The van der Waals surface area contributed by atoms with Crippen molar-refractivity contribution in [3.05, 3.63) is 41.1 Å². The van der Waals surface area contributed by atoms with Crippen LogP contribution >= 0.6 is 11.5 Å². The van der Waals surface area contributed by atoms with Gasteiger partial charge in [0.2, 0.25) is 5.91 Å². The Morgan fingerprint density at radius 1 is 1.35 bits per heavy atom. The molecule has 3 amide bonds. The van der Waals surface area contributed by atoms with Crippen molar-refractivity contribution in [1.29, 1.82) is 0 Å². The number of amides is 3. The predicted molar refractivity (Wildman–Crippen MR) is 91.5 cm³/mol. The number of rotatable bonds is 4. The molecule has 1 aliphatic heterocycles. The zero-order valence-electron chi connectivity index (χ0n) is 13.9. The van der Waals surface area contributed by atoms with Crippen LogP contribution in [0.4, 0.5) is 18.6 Å². The number of aromatic nitrogens is 1. The molecule has 26 heavy (non-hydrogen) atoms. The van der Waals surface area contributed by atoms with E-state index in [4.69, 9.17) is 4.74 Å². The van der Waals surface area contributed by atoms with Crippen molar-refractivity contribution >= 4 is 28.5 Å². The highest BCUT2D eigenvalue weighted by Gasteiger charge is 2.40. The van der Waals surface area contributed by atoms with Gasteiger partial charge in [-0.1, -0.05) is 0 Å². The molecule has 1 saturated heterocycles. The first-order valence-corrected chi connectivity index (χ1v) is 8.48. The summed E-state index contributed by atoms with van der Waals surface area (Å²) >= 11 is 1.09. The van der Waals surface area contributed by atoms with Crippen LogP contribution in [-0.4, -0.2) is 36.0 Å². The molecule has 2 aromatic rings. The monoisotopic (exact) mass is 382 g/mol. The van der Waals surface area contributed by atoms with Gasteiger partial charge in [0.15, 0.2) is 0 Å². The molecule has 0 radical (unpaired) electrons. The van der Waals surface area contributed by atoms with E-state index in [0.717, 1.165) is 29.4 Å². The third-order valence-electron chi connectivity index (χ3n) is 3.99. The number of carbonyl (C=O) groups is 2. The third kappa shape index (κ3) is 3.59. The van der Waals surface area contributed by atoms with Crippen LogP contribution in [0.25, 0.3) is 0 Å². The van der Waals surface area contributed by atoms with E-state index in [1.807, 2.05) is 0 Å². The molecule has 10 heteroatoms. The molecule has 2 atom stereocenters. The Kier molecular flexibility index (Phi) is 5.03. The summed E-state index contributed by atoms with van der Waals surface area (Å²) in [5.74, 6) is -3.05. The number of carbonyl (C=O) groups excluding carboxylic acids is 2. The van der Waals surface area contributed by atoms with Gasteiger partial charge in [-0.2, -0.15) is 4.37 Å². The van der Waals surface area contributed by atoms with Crippen LogP contribution in [-0.2, 0) is 4.79 Å². The van der Waals surface area contributed by atoms with Crippen LogP contribution in [0.1, 0.15) is 17.2 Å². The number of nitrogens with one attached hydrogen (secondary N) is 3. The number of ether oxygens (including phenoxy) is 1. The summed E-state index contributed by atoms with van der Waals surface area (Å²) in [5.41, 5.74) is 0.465. The zero-order valence-corrected chi connectivity index (χ0v) is 14.7. The molecule has 3 rings (SSSR count). The lowest BCUT2D eigenvalue weighted by atomic mass is 9.93. The lowest BCUT2D eigenvalue weighted by molar-refractivity contribution is -0.120.